The minimum absolute atomic E-state index is 0.264. The van der Waals surface area contributed by atoms with Crippen LogP contribution >= 0.6 is 0 Å². The number of carbonyl (C=O) groups excluding carboxylic acids is 1. The van der Waals surface area contributed by atoms with Crippen molar-refractivity contribution in [3.63, 3.8) is 0 Å². The number of hydrogen-bond acceptors (Lipinski definition) is 4. The molecule has 0 unspecified atom stereocenters. The molecule has 0 aliphatic carbocycles. The lowest BCUT2D eigenvalue weighted by Gasteiger charge is -2.09. The first kappa shape index (κ1) is 15.4. The Bertz CT molecular complexity index is 743. The number of primary amides is 1. The molecule has 22 heavy (non-hydrogen) atoms. The van der Waals surface area contributed by atoms with Crippen LogP contribution in [0.1, 0.15) is 12.8 Å². The zero-order valence-electron chi connectivity index (χ0n) is 12.3. The fourth-order valence-corrected chi connectivity index (χ4v) is 1.86. The molecule has 0 fully saturated rings. The molecule has 1 aromatic carbocycles. The van der Waals surface area contributed by atoms with Crippen molar-refractivity contribution in [1.82, 2.24) is 10.2 Å². The summed E-state index contributed by atoms with van der Waals surface area (Å²) in [5.41, 5.74) is 7.38. The highest BCUT2D eigenvalue weighted by Crippen LogP contribution is 2.17. The van der Waals surface area contributed by atoms with Gasteiger partial charge in [0.15, 0.2) is 5.84 Å². The summed E-state index contributed by atoms with van der Waals surface area (Å²) in [7, 11) is 1.66. The van der Waals surface area contributed by atoms with Crippen LogP contribution in [0, 0.1) is 0 Å². The Morgan fingerprint density at radius 1 is 1.55 bits per heavy atom. The topological polar surface area (TPSA) is 109 Å². The first-order valence-corrected chi connectivity index (χ1v) is 6.77. The van der Waals surface area contributed by atoms with Crippen molar-refractivity contribution in [3.05, 3.63) is 36.7 Å². The number of aromatic nitrogens is 2. The van der Waals surface area contributed by atoms with Gasteiger partial charge in [-0.05, 0) is 24.6 Å². The lowest BCUT2D eigenvalue weighted by Crippen LogP contribution is -2.13. The fraction of sp³-hybridized carbons (Fsp3) is 0.200. The van der Waals surface area contributed by atoms with Gasteiger partial charge in [0.25, 0.3) is 0 Å². The zero-order valence-corrected chi connectivity index (χ0v) is 12.3. The number of nitrogens with zero attached hydrogens (tertiary/aromatic N) is 3. The molecule has 4 N–H and O–H groups in total. The Hall–Kier alpha value is -2.96. The third-order valence-electron chi connectivity index (χ3n) is 2.97. The smallest absolute Gasteiger partial charge is 0.217 e. The monoisotopic (exact) mass is 298 g/mol. The van der Waals surface area contributed by atoms with Gasteiger partial charge in [0.2, 0.25) is 5.91 Å². The minimum Gasteiger partial charge on any atom is -0.370 e. The van der Waals surface area contributed by atoms with E-state index in [2.05, 4.69) is 32.1 Å². The Balaban J connectivity index is 2.02. The van der Waals surface area contributed by atoms with Crippen molar-refractivity contribution >= 4 is 34.5 Å². The second kappa shape index (κ2) is 7.16. The van der Waals surface area contributed by atoms with Crippen LogP contribution in [-0.2, 0) is 4.79 Å². The van der Waals surface area contributed by atoms with E-state index in [4.69, 9.17) is 5.73 Å². The summed E-state index contributed by atoms with van der Waals surface area (Å²) >= 11 is 0. The average molecular weight is 298 g/mol. The Morgan fingerprint density at radius 2 is 2.36 bits per heavy atom. The molecule has 1 aromatic heterocycles. The van der Waals surface area contributed by atoms with Gasteiger partial charge in [0.05, 0.1) is 17.4 Å². The lowest BCUT2D eigenvalue weighted by atomic mass is 10.2. The molecule has 0 aliphatic heterocycles. The van der Waals surface area contributed by atoms with E-state index in [1.807, 2.05) is 18.2 Å². The number of benzene rings is 1. The SMILES string of the molecule is C=C(N=CCCC(N)=O)C(=NC)Nc1ccc2[nH]ncc2c1. The highest BCUT2D eigenvalue weighted by molar-refractivity contribution is 6.08. The van der Waals surface area contributed by atoms with Gasteiger partial charge in [-0.1, -0.05) is 6.58 Å². The van der Waals surface area contributed by atoms with E-state index in [1.165, 1.54) is 0 Å². The van der Waals surface area contributed by atoms with Crippen LogP contribution in [0.5, 0.6) is 0 Å². The number of carbonyl (C=O) groups is 1. The first-order valence-electron chi connectivity index (χ1n) is 6.77. The summed E-state index contributed by atoms with van der Waals surface area (Å²) in [5, 5.41) is 11.0. The molecule has 0 saturated heterocycles. The maximum absolute atomic E-state index is 10.7. The second-order valence-corrected chi connectivity index (χ2v) is 4.63. The van der Waals surface area contributed by atoms with Crippen LogP contribution in [0.3, 0.4) is 0 Å². The fourth-order valence-electron chi connectivity index (χ4n) is 1.86. The number of hydrogen-bond donors (Lipinski definition) is 3. The number of fused-ring (bicyclic) bond motifs is 1. The molecular weight excluding hydrogens is 280 g/mol. The van der Waals surface area contributed by atoms with Gasteiger partial charge in [0.1, 0.15) is 0 Å². The highest BCUT2D eigenvalue weighted by Gasteiger charge is 2.04. The molecule has 0 bridgehead atoms. The van der Waals surface area contributed by atoms with Gasteiger partial charge in [-0.25, -0.2) is 0 Å². The van der Waals surface area contributed by atoms with Crippen molar-refractivity contribution in [1.29, 1.82) is 0 Å². The quantitative estimate of drug-likeness (QED) is 0.559. The van der Waals surface area contributed by atoms with Gasteiger partial charge in [-0.15, -0.1) is 0 Å². The predicted octanol–water partition coefficient (Wildman–Crippen LogP) is 1.85. The molecule has 7 heteroatoms. The number of H-pyrrole nitrogens is 1. The van der Waals surface area contributed by atoms with E-state index in [9.17, 15) is 4.79 Å². The number of anilines is 1. The van der Waals surface area contributed by atoms with Gasteiger partial charge in [-0.2, -0.15) is 5.10 Å². The molecule has 7 nitrogen and oxygen atoms in total. The van der Waals surface area contributed by atoms with Crippen LogP contribution in [0.2, 0.25) is 0 Å². The van der Waals surface area contributed by atoms with Crippen molar-refractivity contribution in [2.24, 2.45) is 15.7 Å². The molecule has 1 amide bonds. The van der Waals surface area contributed by atoms with Crippen molar-refractivity contribution in [2.75, 3.05) is 12.4 Å². The standard InChI is InChI=1S/C15H18N6O/c1-10(18-7-3-4-14(16)22)15(17-2)20-12-5-6-13-11(8-12)9-19-21-13/h5-9H,1,3-4H2,2H3,(H2,16,22)(H,17,20)(H,19,21). The number of rotatable bonds is 6. The van der Waals surface area contributed by atoms with Crippen LogP contribution in [0.25, 0.3) is 10.9 Å². The molecule has 0 spiro atoms. The molecule has 0 saturated carbocycles. The molecule has 114 valence electrons. The highest BCUT2D eigenvalue weighted by atomic mass is 16.1. The van der Waals surface area contributed by atoms with Gasteiger partial charge >= 0.3 is 0 Å². The molecule has 0 radical (unpaired) electrons. The summed E-state index contributed by atoms with van der Waals surface area (Å²) in [6.45, 7) is 3.87. The number of aromatic amines is 1. The molecule has 2 aromatic rings. The molecule has 2 rings (SSSR count). The van der Waals surface area contributed by atoms with Gasteiger partial charge < -0.3 is 11.1 Å². The normalized spacial score (nSPS) is 12.0. The van der Waals surface area contributed by atoms with Gasteiger partial charge in [-0.3, -0.25) is 19.9 Å². The largest absolute Gasteiger partial charge is 0.370 e. The van der Waals surface area contributed by atoms with E-state index < -0.39 is 0 Å². The van der Waals surface area contributed by atoms with Crippen molar-refractivity contribution in [2.45, 2.75) is 12.8 Å². The summed E-state index contributed by atoms with van der Waals surface area (Å²) in [6, 6.07) is 5.79. The van der Waals surface area contributed by atoms with Crippen LogP contribution in [-0.4, -0.2) is 35.2 Å². The molecule has 0 aliphatic rings. The summed E-state index contributed by atoms with van der Waals surface area (Å²) in [4.78, 5) is 19.0. The van der Waals surface area contributed by atoms with Crippen LogP contribution in [0.4, 0.5) is 5.69 Å². The number of nitrogens with one attached hydrogen (secondary N) is 2. The number of amidine groups is 1. The van der Waals surface area contributed by atoms with Crippen LogP contribution in [0.15, 0.2) is 46.7 Å². The molecule has 0 atom stereocenters. The van der Waals surface area contributed by atoms with E-state index in [1.54, 1.807) is 19.5 Å². The minimum atomic E-state index is -0.354. The van der Waals surface area contributed by atoms with E-state index in [0.717, 1.165) is 16.6 Å². The maximum atomic E-state index is 10.7. The van der Waals surface area contributed by atoms with E-state index in [-0.39, 0.29) is 12.3 Å². The van der Waals surface area contributed by atoms with Gasteiger partial charge in [0, 0.05) is 30.8 Å². The Labute approximate surface area is 128 Å². The zero-order chi connectivity index (χ0) is 15.9. The Morgan fingerprint density at radius 3 is 3.09 bits per heavy atom. The molecular formula is C15H18N6O. The summed E-state index contributed by atoms with van der Waals surface area (Å²) < 4.78 is 0. The second-order valence-electron chi connectivity index (χ2n) is 4.63. The summed E-state index contributed by atoms with van der Waals surface area (Å²) in [6.07, 6.45) is 4.10. The van der Waals surface area contributed by atoms with Crippen molar-refractivity contribution in [3.8, 4) is 0 Å². The number of nitrogens with two attached hydrogens (primary N) is 1. The third kappa shape index (κ3) is 4.02. The first-order chi connectivity index (χ1) is 10.6. The Kier molecular flexibility index (Phi) is 5.02. The molecule has 1 heterocycles. The average Bonchev–Trinajstić information content (AvgIpc) is 2.96. The summed E-state index contributed by atoms with van der Waals surface area (Å²) in [5.74, 6) is 0.200. The van der Waals surface area contributed by atoms with E-state index >= 15 is 0 Å². The number of aliphatic imine (C=N–C) groups is 2. The maximum Gasteiger partial charge on any atom is 0.217 e. The van der Waals surface area contributed by atoms with Crippen molar-refractivity contribution < 1.29 is 4.79 Å². The predicted molar refractivity (Wildman–Crippen MR) is 89.1 cm³/mol. The van der Waals surface area contributed by atoms with E-state index in [0.29, 0.717) is 18.0 Å². The number of amides is 1. The third-order valence-corrected chi connectivity index (χ3v) is 2.97. The lowest BCUT2D eigenvalue weighted by molar-refractivity contribution is -0.117. The van der Waals surface area contributed by atoms with Crippen LogP contribution < -0.4 is 11.1 Å².